The molecule has 1 aliphatic rings. The molecule has 0 radical (unpaired) electrons. The summed E-state index contributed by atoms with van der Waals surface area (Å²) in [6.45, 7) is 4.30. The lowest BCUT2D eigenvalue weighted by molar-refractivity contribution is 0.134. The second-order valence-electron chi connectivity index (χ2n) is 4.12. The van der Waals surface area contributed by atoms with Crippen molar-refractivity contribution in [1.82, 2.24) is 9.97 Å². The molecule has 0 amide bonds. The van der Waals surface area contributed by atoms with Crippen LogP contribution in [0, 0.1) is 12.8 Å². The standard InChI is InChI=1S/C11H16ClN3O/c1-8-6-14-11(12)15-10(8)13-4-5-16-7-9-2-3-9/h6,9H,2-5,7H2,1H3,(H,13,14,15). The zero-order chi connectivity index (χ0) is 11.4. The third-order valence-electron chi connectivity index (χ3n) is 2.53. The maximum atomic E-state index is 5.71. The normalized spacial score (nSPS) is 15.1. The number of rotatable bonds is 6. The van der Waals surface area contributed by atoms with Gasteiger partial charge in [-0.15, -0.1) is 0 Å². The molecule has 5 heteroatoms. The number of aromatic nitrogens is 2. The number of ether oxygens (including phenoxy) is 1. The Hall–Kier alpha value is -0.870. The lowest BCUT2D eigenvalue weighted by Gasteiger charge is -2.08. The summed E-state index contributed by atoms with van der Waals surface area (Å²) in [4.78, 5) is 8.00. The Morgan fingerprint density at radius 2 is 2.38 bits per heavy atom. The van der Waals surface area contributed by atoms with Gasteiger partial charge in [0.1, 0.15) is 5.82 Å². The number of nitrogens with zero attached hydrogens (tertiary/aromatic N) is 2. The number of hydrogen-bond acceptors (Lipinski definition) is 4. The van der Waals surface area contributed by atoms with Gasteiger partial charge in [-0.2, -0.15) is 0 Å². The van der Waals surface area contributed by atoms with Gasteiger partial charge < -0.3 is 10.1 Å². The van der Waals surface area contributed by atoms with Crippen LogP contribution >= 0.6 is 11.6 Å². The SMILES string of the molecule is Cc1cnc(Cl)nc1NCCOCC1CC1. The Bertz CT molecular complexity index is 355. The van der Waals surface area contributed by atoms with Crippen LogP contribution in [0.2, 0.25) is 5.28 Å². The highest BCUT2D eigenvalue weighted by Gasteiger charge is 2.20. The van der Waals surface area contributed by atoms with E-state index in [1.54, 1.807) is 6.20 Å². The van der Waals surface area contributed by atoms with Gasteiger partial charge in [0.25, 0.3) is 0 Å². The first-order chi connectivity index (χ1) is 7.75. The number of anilines is 1. The first kappa shape index (κ1) is 11.6. The molecule has 1 N–H and O–H groups in total. The third kappa shape index (κ3) is 3.61. The van der Waals surface area contributed by atoms with Crippen molar-refractivity contribution in [2.75, 3.05) is 25.1 Å². The first-order valence-electron chi connectivity index (χ1n) is 5.56. The summed E-state index contributed by atoms with van der Waals surface area (Å²) >= 11 is 5.71. The molecule has 1 heterocycles. The van der Waals surface area contributed by atoms with Crippen LogP contribution in [-0.4, -0.2) is 29.7 Å². The second-order valence-corrected chi connectivity index (χ2v) is 4.45. The fraction of sp³-hybridized carbons (Fsp3) is 0.636. The van der Waals surface area contributed by atoms with Gasteiger partial charge in [0.2, 0.25) is 5.28 Å². The molecule has 2 rings (SSSR count). The Labute approximate surface area is 100 Å². The van der Waals surface area contributed by atoms with Crippen LogP contribution in [-0.2, 0) is 4.74 Å². The zero-order valence-corrected chi connectivity index (χ0v) is 10.1. The zero-order valence-electron chi connectivity index (χ0n) is 9.37. The van der Waals surface area contributed by atoms with Gasteiger partial charge in [-0.1, -0.05) is 0 Å². The van der Waals surface area contributed by atoms with Crippen molar-refractivity contribution >= 4 is 17.4 Å². The molecular formula is C11H16ClN3O. The second kappa shape index (κ2) is 5.46. The number of hydrogen-bond donors (Lipinski definition) is 1. The molecule has 0 saturated heterocycles. The summed E-state index contributed by atoms with van der Waals surface area (Å²) < 4.78 is 5.51. The molecule has 0 atom stereocenters. The topological polar surface area (TPSA) is 47.0 Å². The average Bonchev–Trinajstić information content (AvgIpc) is 3.06. The molecule has 1 aromatic rings. The van der Waals surface area contributed by atoms with E-state index < -0.39 is 0 Å². The maximum Gasteiger partial charge on any atom is 0.224 e. The Kier molecular flexibility index (Phi) is 3.96. The summed E-state index contributed by atoms with van der Waals surface area (Å²) in [7, 11) is 0. The molecule has 1 aliphatic carbocycles. The minimum atomic E-state index is 0.270. The van der Waals surface area contributed by atoms with E-state index in [1.165, 1.54) is 12.8 Å². The van der Waals surface area contributed by atoms with Gasteiger partial charge in [0.15, 0.2) is 0 Å². The minimum Gasteiger partial charge on any atom is -0.379 e. The van der Waals surface area contributed by atoms with E-state index in [2.05, 4.69) is 15.3 Å². The van der Waals surface area contributed by atoms with Gasteiger partial charge in [-0.05, 0) is 37.3 Å². The summed E-state index contributed by atoms with van der Waals surface area (Å²) in [5.74, 6) is 1.60. The molecule has 1 fully saturated rings. The van der Waals surface area contributed by atoms with Crippen molar-refractivity contribution in [1.29, 1.82) is 0 Å². The maximum absolute atomic E-state index is 5.71. The number of halogens is 1. The number of nitrogens with one attached hydrogen (secondary N) is 1. The van der Waals surface area contributed by atoms with Gasteiger partial charge in [-0.25, -0.2) is 9.97 Å². The number of aryl methyl sites for hydroxylation is 1. The highest BCUT2D eigenvalue weighted by molar-refractivity contribution is 6.28. The first-order valence-corrected chi connectivity index (χ1v) is 5.94. The quantitative estimate of drug-likeness (QED) is 0.613. The lowest BCUT2D eigenvalue weighted by atomic mass is 10.3. The van der Waals surface area contributed by atoms with Crippen molar-refractivity contribution in [2.45, 2.75) is 19.8 Å². The fourth-order valence-corrected chi connectivity index (χ4v) is 1.51. The molecule has 4 nitrogen and oxygen atoms in total. The smallest absolute Gasteiger partial charge is 0.224 e. The van der Waals surface area contributed by atoms with Crippen molar-refractivity contribution in [3.63, 3.8) is 0 Å². The molecule has 1 saturated carbocycles. The largest absolute Gasteiger partial charge is 0.379 e. The molecular weight excluding hydrogens is 226 g/mol. The van der Waals surface area contributed by atoms with Crippen molar-refractivity contribution in [3.05, 3.63) is 17.0 Å². The van der Waals surface area contributed by atoms with E-state index in [9.17, 15) is 0 Å². The highest BCUT2D eigenvalue weighted by Crippen LogP contribution is 2.28. The predicted octanol–water partition coefficient (Wildman–Crippen LogP) is 2.28. The third-order valence-corrected chi connectivity index (χ3v) is 2.71. The fourth-order valence-electron chi connectivity index (χ4n) is 1.38. The molecule has 88 valence electrons. The predicted molar refractivity (Wildman–Crippen MR) is 63.8 cm³/mol. The van der Waals surface area contributed by atoms with Gasteiger partial charge in [0.05, 0.1) is 6.61 Å². The van der Waals surface area contributed by atoms with E-state index in [1.807, 2.05) is 6.92 Å². The highest BCUT2D eigenvalue weighted by atomic mass is 35.5. The Morgan fingerprint density at radius 1 is 1.56 bits per heavy atom. The van der Waals surface area contributed by atoms with Crippen molar-refractivity contribution < 1.29 is 4.74 Å². The van der Waals surface area contributed by atoms with Crippen molar-refractivity contribution in [2.24, 2.45) is 5.92 Å². The molecule has 0 spiro atoms. The molecule has 16 heavy (non-hydrogen) atoms. The molecule has 0 aliphatic heterocycles. The van der Waals surface area contributed by atoms with Gasteiger partial charge >= 0.3 is 0 Å². The van der Waals surface area contributed by atoms with E-state index in [4.69, 9.17) is 16.3 Å². The van der Waals surface area contributed by atoms with Gasteiger partial charge in [0, 0.05) is 24.9 Å². The van der Waals surface area contributed by atoms with Crippen LogP contribution in [0.5, 0.6) is 0 Å². The minimum absolute atomic E-state index is 0.270. The van der Waals surface area contributed by atoms with Crippen LogP contribution in [0.3, 0.4) is 0 Å². The van der Waals surface area contributed by atoms with Crippen LogP contribution < -0.4 is 5.32 Å². The Balaban J connectivity index is 1.69. The van der Waals surface area contributed by atoms with E-state index >= 15 is 0 Å². The van der Waals surface area contributed by atoms with Crippen LogP contribution in [0.4, 0.5) is 5.82 Å². The molecule has 0 aromatic carbocycles. The molecule has 0 unspecified atom stereocenters. The summed E-state index contributed by atoms with van der Waals surface area (Å²) in [5.41, 5.74) is 0.992. The Morgan fingerprint density at radius 3 is 3.12 bits per heavy atom. The monoisotopic (exact) mass is 241 g/mol. The van der Waals surface area contributed by atoms with Crippen LogP contribution in [0.15, 0.2) is 6.20 Å². The molecule has 0 bridgehead atoms. The van der Waals surface area contributed by atoms with Crippen molar-refractivity contribution in [3.8, 4) is 0 Å². The lowest BCUT2D eigenvalue weighted by Crippen LogP contribution is -2.12. The van der Waals surface area contributed by atoms with Crippen LogP contribution in [0.1, 0.15) is 18.4 Å². The summed E-state index contributed by atoms with van der Waals surface area (Å²) in [6.07, 6.45) is 4.37. The average molecular weight is 242 g/mol. The van der Waals surface area contributed by atoms with E-state index in [0.717, 1.165) is 30.5 Å². The van der Waals surface area contributed by atoms with Gasteiger partial charge in [-0.3, -0.25) is 0 Å². The summed E-state index contributed by atoms with van der Waals surface area (Å²) in [5, 5.41) is 3.46. The summed E-state index contributed by atoms with van der Waals surface area (Å²) in [6, 6.07) is 0. The van der Waals surface area contributed by atoms with Crippen LogP contribution in [0.25, 0.3) is 0 Å². The molecule has 1 aromatic heterocycles. The van der Waals surface area contributed by atoms with E-state index in [-0.39, 0.29) is 5.28 Å². The van der Waals surface area contributed by atoms with E-state index in [0.29, 0.717) is 6.61 Å².